The van der Waals surface area contributed by atoms with Gasteiger partial charge in [0.2, 0.25) is 0 Å². The summed E-state index contributed by atoms with van der Waals surface area (Å²) in [4.78, 5) is 24.9. The molecule has 0 saturated heterocycles. The summed E-state index contributed by atoms with van der Waals surface area (Å²) < 4.78 is 6.57. The van der Waals surface area contributed by atoms with E-state index in [4.69, 9.17) is 17.0 Å². The molecule has 2 aromatic rings. The molecule has 6 nitrogen and oxygen atoms in total. The van der Waals surface area contributed by atoms with E-state index < -0.39 is 0 Å². The Morgan fingerprint density at radius 1 is 1.13 bits per heavy atom. The average molecular weight is 506 g/mol. The molecular weight excluding hydrogens is 478 g/mol. The van der Waals surface area contributed by atoms with Crippen molar-refractivity contribution in [2.24, 2.45) is 5.92 Å². The van der Waals surface area contributed by atoms with Gasteiger partial charge in [-0.1, -0.05) is 42.8 Å². The first-order valence-corrected chi connectivity index (χ1v) is 11.4. The van der Waals surface area contributed by atoms with Crippen LogP contribution in [0.4, 0.5) is 5.69 Å². The summed E-state index contributed by atoms with van der Waals surface area (Å²) in [7, 11) is 0. The number of rotatable bonds is 9. The topological polar surface area (TPSA) is 79.5 Å². The molecule has 2 aromatic carbocycles. The van der Waals surface area contributed by atoms with E-state index in [0.717, 1.165) is 17.3 Å². The van der Waals surface area contributed by atoms with Crippen LogP contribution in [0.3, 0.4) is 0 Å². The fourth-order valence-corrected chi connectivity index (χ4v) is 3.19. The number of ether oxygens (including phenoxy) is 1. The Kier molecular flexibility index (Phi) is 9.94. The molecule has 0 spiro atoms. The lowest BCUT2D eigenvalue weighted by Gasteiger charge is -2.14. The van der Waals surface area contributed by atoms with Gasteiger partial charge in [0.15, 0.2) is 5.11 Å². The van der Waals surface area contributed by atoms with Crippen molar-refractivity contribution in [2.75, 3.05) is 18.5 Å². The van der Waals surface area contributed by atoms with Crippen molar-refractivity contribution in [1.29, 1.82) is 0 Å². The summed E-state index contributed by atoms with van der Waals surface area (Å²) in [5.41, 5.74) is 1.51. The number of benzene rings is 2. The van der Waals surface area contributed by atoms with Crippen LogP contribution >= 0.6 is 28.1 Å². The molecule has 0 aliphatic heterocycles. The van der Waals surface area contributed by atoms with E-state index in [9.17, 15) is 9.59 Å². The molecule has 0 heterocycles. The first-order chi connectivity index (χ1) is 14.8. The van der Waals surface area contributed by atoms with Crippen molar-refractivity contribution in [3.63, 3.8) is 0 Å². The minimum atomic E-state index is -0.379. The van der Waals surface area contributed by atoms with Crippen LogP contribution in [-0.2, 0) is 0 Å². The van der Waals surface area contributed by atoms with Crippen LogP contribution in [-0.4, -0.2) is 30.1 Å². The Bertz CT molecular complexity index is 934. The highest BCUT2D eigenvalue weighted by molar-refractivity contribution is 9.10. The normalized spacial score (nSPS) is 10.5. The van der Waals surface area contributed by atoms with Gasteiger partial charge in [0.25, 0.3) is 11.8 Å². The van der Waals surface area contributed by atoms with Gasteiger partial charge >= 0.3 is 0 Å². The molecule has 0 aliphatic rings. The van der Waals surface area contributed by atoms with Gasteiger partial charge in [0.1, 0.15) is 5.75 Å². The molecule has 0 saturated carbocycles. The van der Waals surface area contributed by atoms with Gasteiger partial charge in [-0.2, -0.15) is 0 Å². The summed E-state index contributed by atoms with van der Waals surface area (Å²) in [6.07, 6.45) is 1.75. The van der Waals surface area contributed by atoms with Gasteiger partial charge in [-0.05, 0) is 67.4 Å². The van der Waals surface area contributed by atoms with Gasteiger partial charge < -0.3 is 15.4 Å². The van der Waals surface area contributed by atoms with E-state index in [0.29, 0.717) is 41.6 Å². The van der Waals surface area contributed by atoms with Gasteiger partial charge in [-0.15, -0.1) is 0 Å². The van der Waals surface area contributed by atoms with E-state index in [1.165, 1.54) is 0 Å². The highest BCUT2D eigenvalue weighted by atomic mass is 79.9. The molecule has 0 atom stereocenters. The van der Waals surface area contributed by atoms with Crippen molar-refractivity contribution >= 4 is 50.8 Å². The van der Waals surface area contributed by atoms with Crippen LogP contribution in [0, 0.1) is 5.92 Å². The van der Waals surface area contributed by atoms with Crippen LogP contribution in [0.2, 0.25) is 0 Å². The van der Waals surface area contributed by atoms with E-state index in [1.807, 2.05) is 13.0 Å². The number of amides is 2. The lowest BCUT2D eigenvalue weighted by molar-refractivity contribution is 0.0950. The largest absolute Gasteiger partial charge is 0.493 e. The molecule has 166 valence electrons. The van der Waals surface area contributed by atoms with Crippen LogP contribution in [0.1, 0.15) is 54.3 Å². The number of carbonyl (C=O) groups is 2. The Labute approximate surface area is 197 Å². The van der Waals surface area contributed by atoms with Crippen molar-refractivity contribution in [3.8, 4) is 5.75 Å². The fraction of sp³-hybridized carbons (Fsp3) is 0.348. The number of carbonyl (C=O) groups excluding carboxylic acids is 2. The summed E-state index contributed by atoms with van der Waals surface area (Å²) in [6, 6.07) is 12.2. The van der Waals surface area contributed by atoms with Crippen LogP contribution < -0.4 is 20.7 Å². The zero-order valence-electron chi connectivity index (χ0n) is 18.0. The lowest BCUT2D eigenvalue weighted by Crippen LogP contribution is -2.34. The lowest BCUT2D eigenvalue weighted by atomic mass is 10.1. The predicted molar refractivity (Wildman–Crippen MR) is 132 cm³/mol. The Balaban J connectivity index is 2.04. The second kappa shape index (κ2) is 12.4. The van der Waals surface area contributed by atoms with Crippen molar-refractivity contribution in [2.45, 2.75) is 33.6 Å². The van der Waals surface area contributed by atoms with Gasteiger partial charge in [-0.25, -0.2) is 0 Å². The quantitative estimate of drug-likeness (QED) is 0.411. The smallest absolute Gasteiger partial charge is 0.261 e. The minimum Gasteiger partial charge on any atom is -0.493 e. The SMILES string of the molecule is CCCNC(=O)c1cccc(NC(=S)NC(=O)c2cc(Br)ccc2OCCC(C)C)c1. The third-order valence-corrected chi connectivity index (χ3v) is 4.98. The Hall–Kier alpha value is -2.45. The van der Waals surface area contributed by atoms with E-state index >= 15 is 0 Å². The summed E-state index contributed by atoms with van der Waals surface area (Å²) in [5, 5.41) is 8.59. The second-order valence-electron chi connectivity index (χ2n) is 7.42. The number of halogens is 1. The van der Waals surface area contributed by atoms with Crippen molar-refractivity contribution < 1.29 is 14.3 Å². The summed E-state index contributed by atoms with van der Waals surface area (Å²) >= 11 is 8.69. The second-order valence-corrected chi connectivity index (χ2v) is 8.74. The maximum absolute atomic E-state index is 12.8. The number of anilines is 1. The maximum atomic E-state index is 12.8. The standard InChI is InChI=1S/C23H28BrN3O3S/c1-4-11-25-21(28)16-6-5-7-18(13-16)26-23(31)27-22(29)19-14-17(24)8-9-20(19)30-12-10-15(2)3/h5-9,13-15H,4,10-12H2,1-3H3,(H,25,28)(H2,26,27,29,31). The predicted octanol–water partition coefficient (Wildman–Crippen LogP) is 5.14. The van der Waals surface area contributed by atoms with Crippen LogP contribution in [0.25, 0.3) is 0 Å². The molecule has 2 amide bonds. The zero-order valence-corrected chi connectivity index (χ0v) is 20.4. The van der Waals surface area contributed by atoms with E-state index in [-0.39, 0.29) is 16.9 Å². The van der Waals surface area contributed by atoms with E-state index in [1.54, 1.807) is 36.4 Å². The first kappa shape index (κ1) is 24.8. The van der Waals surface area contributed by atoms with Gasteiger partial charge in [0, 0.05) is 22.3 Å². The third-order valence-electron chi connectivity index (χ3n) is 4.28. The number of hydrogen-bond acceptors (Lipinski definition) is 4. The van der Waals surface area contributed by atoms with Crippen molar-refractivity contribution in [1.82, 2.24) is 10.6 Å². The number of thiocarbonyl (C=S) groups is 1. The number of hydrogen-bond donors (Lipinski definition) is 3. The zero-order chi connectivity index (χ0) is 22.8. The molecule has 3 N–H and O–H groups in total. The molecule has 0 aliphatic carbocycles. The van der Waals surface area contributed by atoms with E-state index in [2.05, 4.69) is 45.7 Å². The van der Waals surface area contributed by atoms with Crippen molar-refractivity contribution in [3.05, 3.63) is 58.1 Å². The molecule has 0 bridgehead atoms. The Morgan fingerprint density at radius 3 is 2.61 bits per heavy atom. The monoisotopic (exact) mass is 505 g/mol. The minimum absolute atomic E-state index is 0.129. The van der Waals surface area contributed by atoms with Gasteiger partial charge in [0.05, 0.1) is 12.2 Å². The summed E-state index contributed by atoms with van der Waals surface area (Å²) in [5.74, 6) is 0.469. The third kappa shape index (κ3) is 8.30. The molecule has 2 rings (SSSR count). The number of nitrogens with one attached hydrogen (secondary N) is 3. The van der Waals surface area contributed by atoms with Crippen LogP contribution in [0.5, 0.6) is 5.75 Å². The highest BCUT2D eigenvalue weighted by Crippen LogP contribution is 2.24. The fourth-order valence-electron chi connectivity index (χ4n) is 2.62. The molecule has 31 heavy (non-hydrogen) atoms. The molecule has 8 heteroatoms. The first-order valence-electron chi connectivity index (χ1n) is 10.2. The molecule has 0 unspecified atom stereocenters. The Morgan fingerprint density at radius 2 is 1.90 bits per heavy atom. The highest BCUT2D eigenvalue weighted by Gasteiger charge is 2.15. The molecule has 0 radical (unpaired) electrons. The molecule has 0 aromatic heterocycles. The van der Waals surface area contributed by atoms with Crippen LogP contribution in [0.15, 0.2) is 46.9 Å². The maximum Gasteiger partial charge on any atom is 0.261 e. The average Bonchev–Trinajstić information content (AvgIpc) is 2.72. The summed E-state index contributed by atoms with van der Waals surface area (Å²) in [6.45, 7) is 7.36. The van der Waals surface area contributed by atoms with Gasteiger partial charge in [-0.3, -0.25) is 14.9 Å². The molecular formula is C23H28BrN3O3S. The molecule has 0 fully saturated rings.